The molecule has 14 nitrogen and oxygen atoms in total. The first-order chi connectivity index (χ1) is 22.6. The first kappa shape index (κ1) is 37.2. The van der Waals surface area contributed by atoms with Gasteiger partial charge in [0.1, 0.15) is 36.6 Å². The fourth-order valence-corrected chi connectivity index (χ4v) is 7.54. The highest BCUT2D eigenvalue weighted by atomic mass is 16.8. The number of nitrogens with one attached hydrogen (secondary N) is 2. The summed E-state index contributed by atoms with van der Waals surface area (Å²) >= 11 is 0. The van der Waals surface area contributed by atoms with Crippen molar-refractivity contribution in [3.63, 3.8) is 0 Å². The summed E-state index contributed by atoms with van der Waals surface area (Å²) in [6.45, 7) is 21.5. The Bertz CT molecular complexity index is 995. The second kappa shape index (κ2) is 14.5. The summed E-state index contributed by atoms with van der Waals surface area (Å²) in [7, 11) is 0. The van der Waals surface area contributed by atoms with Gasteiger partial charge in [0.05, 0.1) is 39.6 Å². The van der Waals surface area contributed by atoms with Crippen LogP contribution in [0.4, 0.5) is 0 Å². The van der Waals surface area contributed by atoms with Crippen LogP contribution in [0.1, 0.15) is 81.1 Å². The van der Waals surface area contributed by atoms with E-state index in [-0.39, 0.29) is 24.4 Å². The third-order valence-corrected chi connectivity index (χ3v) is 9.65. The van der Waals surface area contributed by atoms with E-state index in [0.717, 1.165) is 51.9 Å². The lowest BCUT2D eigenvalue weighted by Gasteiger charge is -2.37. The number of hydrogen-bond acceptors (Lipinski definition) is 14. The third kappa shape index (κ3) is 8.23. The maximum Gasteiger partial charge on any atom is 0.227 e. The minimum atomic E-state index is -1.05. The van der Waals surface area contributed by atoms with Gasteiger partial charge in [-0.3, -0.25) is 0 Å². The summed E-state index contributed by atoms with van der Waals surface area (Å²) in [5, 5.41) is 7.03. The SMILES string of the molecule is CC1(C)O[C@@H]2[C@@H](CO[C@]2(OCCCCNCCNCCCCO[C@]2([C@H]3COC(C)(C)O3)OC[C@H]3OC(C)(C)O[C@H]32)[C@H]2COC(C)(C)O2)O1. The Balaban J connectivity index is 0.835. The summed E-state index contributed by atoms with van der Waals surface area (Å²) in [6.07, 6.45) is 1.77. The molecular formula is C34H60N2O12. The second-order valence-corrected chi connectivity index (χ2v) is 15.5. The lowest BCUT2D eigenvalue weighted by atomic mass is 10.0. The normalized spacial score (nSPS) is 40.5. The molecular weight excluding hydrogens is 628 g/mol. The van der Waals surface area contributed by atoms with Crippen molar-refractivity contribution in [1.82, 2.24) is 10.6 Å². The molecule has 2 N–H and O–H groups in total. The van der Waals surface area contributed by atoms with Gasteiger partial charge in [0.2, 0.25) is 11.6 Å². The van der Waals surface area contributed by atoms with Crippen LogP contribution in [0.3, 0.4) is 0 Å². The Labute approximate surface area is 285 Å². The molecule has 0 bridgehead atoms. The van der Waals surface area contributed by atoms with Crippen LogP contribution < -0.4 is 10.6 Å². The van der Waals surface area contributed by atoms with Crippen molar-refractivity contribution >= 4 is 0 Å². The molecule has 0 unspecified atom stereocenters. The van der Waals surface area contributed by atoms with Crippen LogP contribution in [0.15, 0.2) is 0 Å². The average Bonchev–Trinajstić information content (AvgIpc) is 3.82. The second-order valence-electron chi connectivity index (χ2n) is 15.5. The zero-order valence-electron chi connectivity index (χ0n) is 30.3. The minimum absolute atomic E-state index is 0.196. The van der Waals surface area contributed by atoms with Crippen molar-refractivity contribution < 1.29 is 56.8 Å². The monoisotopic (exact) mass is 688 g/mol. The molecule has 0 saturated carbocycles. The van der Waals surface area contributed by atoms with Crippen molar-refractivity contribution in [2.75, 3.05) is 65.8 Å². The summed E-state index contributed by atoms with van der Waals surface area (Å²) in [5.74, 6) is -4.88. The molecule has 0 aromatic rings. The van der Waals surface area contributed by atoms with Gasteiger partial charge >= 0.3 is 0 Å². The Morgan fingerprint density at radius 3 is 1.25 bits per heavy atom. The van der Waals surface area contributed by atoms with E-state index in [0.29, 0.717) is 39.6 Å². The molecule has 6 aliphatic heterocycles. The van der Waals surface area contributed by atoms with Gasteiger partial charge in [-0.2, -0.15) is 0 Å². The van der Waals surface area contributed by atoms with E-state index in [9.17, 15) is 0 Å². The summed E-state index contributed by atoms with van der Waals surface area (Å²) in [6, 6.07) is 0. The van der Waals surface area contributed by atoms with E-state index >= 15 is 0 Å². The first-order valence-corrected chi connectivity index (χ1v) is 18.0. The predicted octanol–water partition coefficient (Wildman–Crippen LogP) is 2.56. The molecule has 6 saturated heterocycles. The largest absolute Gasteiger partial charge is 0.348 e. The molecule has 8 atom stereocenters. The summed E-state index contributed by atoms with van der Waals surface area (Å²) in [4.78, 5) is 0. The molecule has 48 heavy (non-hydrogen) atoms. The molecule has 0 spiro atoms. The van der Waals surface area contributed by atoms with Crippen LogP contribution >= 0.6 is 0 Å². The third-order valence-electron chi connectivity index (χ3n) is 9.65. The zero-order valence-corrected chi connectivity index (χ0v) is 30.3. The quantitative estimate of drug-likeness (QED) is 0.217. The van der Waals surface area contributed by atoms with Crippen molar-refractivity contribution in [3.8, 4) is 0 Å². The Morgan fingerprint density at radius 1 is 0.458 bits per heavy atom. The van der Waals surface area contributed by atoms with E-state index in [1.165, 1.54) is 0 Å². The number of unbranched alkanes of at least 4 members (excludes halogenated alkanes) is 2. The Morgan fingerprint density at radius 2 is 0.875 bits per heavy atom. The molecule has 0 aliphatic carbocycles. The van der Waals surface area contributed by atoms with Gasteiger partial charge in [0, 0.05) is 13.1 Å². The topological polar surface area (TPSA) is 135 Å². The first-order valence-electron chi connectivity index (χ1n) is 18.0. The van der Waals surface area contributed by atoms with E-state index in [4.69, 9.17) is 56.8 Å². The molecule has 6 heterocycles. The van der Waals surface area contributed by atoms with Gasteiger partial charge in [-0.05, 0) is 94.2 Å². The fraction of sp³-hybridized carbons (Fsp3) is 1.00. The molecule has 14 heteroatoms. The van der Waals surface area contributed by atoms with E-state index in [1.807, 2.05) is 55.4 Å². The van der Waals surface area contributed by atoms with Crippen LogP contribution in [-0.4, -0.2) is 137 Å². The number of rotatable bonds is 17. The molecule has 0 amide bonds. The number of ether oxygens (including phenoxy) is 12. The van der Waals surface area contributed by atoms with Crippen molar-refractivity contribution in [3.05, 3.63) is 0 Å². The molecule has 278 valence electrons. The summed E-state index contributed by atoms with van der Waals surface area (Å²) in [5.41, 5.74) is 0. The van der Waals surface area contributed by atoms with Crippen molar-refractivity contribution in [2.45, 2.75) is 152 Å². The van der Waals surface area contributed by atoms with Crippen molar-refractivity contribution in [1.29, 1.82) is 0 Å². The highest BCUT2D eigenvalue weighted by Gasteiger charge is 2.67. The molecule has 6 aliphatic rings. The van der Waals surface area contributed by atoms with Gasteiger partial charge in [0.15, 0.2) is 23.1 Å². The molecule has 0 radical (unpaired) electrons. The van der Waals surface area contributed by atoms with Crippen LogP contribution in [-0.2, 0) is 56.8 Å². The zero-order chi connectivity index (χ0) is 34.3. The van der Waals surface area contributed by atoms with E-state index in [1.54, 1.807) is 0 Å². The van der Waals surface area contributed by atoms with Gasteiger partial charge in [0.25, 0.3) is 0 Å². The Hall–Kier alpha value is -0.560. The molecule has 0 aromatic carbocycles. The lowest BCUT2D eigenvalue weighted by molar-refractivity contribution is -0.320. The van der Waals surface area contributed by atoms with Gasteiger partial charge in [-0.25, -0.2) is 0 Å². The van der Waals surface area contributed by atoms with E-state index in [2.05, 4.69) is 10.6 Å². The lowest BCUT2D eigenvalue weighted by Crippen LogP contribution is -2.56. The number of hydrogen-bond donors (Lipinski definition) is 2. The van der Waals surface area contributed by atoms with Crippen LogP contribution in [0.25, 0.3) is 0 Å². The Kier molecular flexibility index (Phi) is 11.2. The standard InChI is InChI=1S/C34H60N2O12/c1-29(2)39-21-25(45-29)33(27-23(19-41-33)43-31(5,6)47-27)37-17-11-9-13-35-15-16-36-14-10-12-18-38-34(26-22-40-30(3,4)46-26)28-24(20-42-34)44-32(7,8)48-28/h23-28,35-36H,9-22H2,1-8H3/t23-,24-,25-,26-,27-,28-,33-,34-/m1/s1. The maximum atomic E-state index is 6.46. The minimum Gasteiger partial charge on any atom is -0.348 e. The molecule has 6 rings (SSSR count). The fourth-order valence-electron chi connectivity index (χ4n) is 7.54. The van der Waals surface area contributed by atoms with Gasteiger partial charge < -0.3 is 67.5 Å². The van der Waals surface area contributed by atoms with Crippen LogP contribution in [0, 0.1) is 0 Å². The summed E-state index contributed by atoms with van der Waals surface area (Å²) < 4.78 is 74.1. The predicted molar refractivity (Wildman–Crippen MR) is 171 cm³/mol. The molecule has 6 fully saturated rings. The number of fused-ring (bicyclic) bond motifs is 2. The molecule has 0 aromatic heterocycles. The van der Waals surface area contributed by atoms with E-state index < -0.39 is 46.9 Å². The van der Waals surface area contributed by atoms with Crippen LogP contribution in [0.2, 0.25) is 0 Å². The maximum absolute atomic E-state index is 6.46. The average molecular weight is 689 g/mol. The van der Waals surface area contributed by atoms with Crippen molar-refractivity contribution in [2.24, 2.45) is 0 Å². The highest BCUT2D eigenvalue weighted by molar-refractivity contribution is 5.05. The van der Waals surface area contributed by atoms with Gasteiger partial charge in [-0.1, -0.05) is 0 Å². The van der Waals surface area contributed by atoms with Crippen LogP contribution in [0.5, 0.6) is 0 Å². The van der Waals surface area contributed by atoms with Gasteiger partial charge in [-0.15, -0.1) is 0 Å². The smallest absolute Gasteiger partial charge is 0.227 e. The highest BCUT2D eigenvalue weighted by Crippen LogP contribution is 2.48.